The Morgan fingerprint density at radius 2 is 2.00 bits per heavy atom. The highest BCUT2D eigenvalue weighted by atomic mass is 16.4. The maximum Gasteiger partial charge on any atom is 0.225 e. The topological polar surface area (TPSA) is 78.9 Å². The average Bonchev–Trinajstić information content (AvgIpc) is 2.28. The lowest BCUT2D eigenvalue weighted by Gasteiger charge is -2.29. The highest BCUT2D eigenvalue weighted by Gasteiger charge is 2.22. The molecule has 0 heterocycles. The lowest BCUT2D eigenvalue weighted by molar-refractivity contribution is -0.136. The van der Waals surface area contributed by atoms with E-state index < -0.39 is 0 Å². The number of rotatable bonds is 7. The smallest absolute Gasteiger partial charge is 0.225 e. The molecule has 0 saturated carbocycles. The first-order valence-electron chi connectivity index (χ1n) is 6.20. The van der Waals surface area contributed by atoms with Gasteiger partial charge in [-0.25, -0.2) is 0 Å². The number of hydrogen-bond acceptors (Lipinski definition) is 3. The van der Waals surface area contributed by atoms with Crippen LogP contribution in [0.3, 0.4) is 0 Å². The molecule has 0 saturated heterocycles. The summed E-state index contributed by atoms with van der Waals surface area (Å²) in [5, 5.41) is 11.4. The van der Waals surface area contributed by atoms with E-state index in [9.17, 15) is 4.79 Å². The largest absolute Gasteiger partial charge is 0.409 e. The summed E-state index contributed by atoms with van der Waals surface area (Å²) in [5.74, 6) is 0.342. The number of carbonyl (C=O) groups excluding carboxylic acids is 1. The SMILES string of the molecule is CCCC(C)C(=O)N(CCC(N)=NO)C(C)C. The third kappa shape index (κ3) is 5.56. The van der Waals surface area contributed by atoms with Crippen LogP contribution >= 0.6 is 0 Å². The zero-order chi connectivity index (χ0) is 13.4. The maximum absolute atomic E-state index is 12.2. The van der Waals surface area contributed by atoms with E-state index in [-0.39, 0.29) is 23.7 Å². The van der Waals surface area contributed by atoms with Gasteiger partial charge in [-0.15, -0.1) is 0 Å². The lowest BCUT2D eigenvalue weighted by Crippen LogP contribution is -2.42. The Hall–Kier alpha value is -1.26. The second kappa shape index (κ2) is 7.92. The van der Waals surface area contributed by atoms with Crippen molar-refractivity contribution in [2.24, 2.45) is 16.8 Å². The first kappa shape index (κ1) is 15.7. The number of amidine groups is 1. The van der Waals surface area contributed by atoms with Crippen molar-refractivity contribution in [3.63, 3.8) is 0 Å². The number of nitrogens with two attached hydrogens (primary N) is 1. The minimum Gasteiger partial charge on any atom is -0.409 e. The summed E-state index contributed by atoms with van der Waals surface area (Å²) < 4.78 is 0. The third-order valence-corrected chi connectivity index (χ3v) is 2.79. The summed E-state index contributed by atoms with van der Waals surface area (Å²) in [7, 11) is 0. The molecule has 0 radical (unpaired) electrons. The molecule has 3 N–H and O–H groups in total. The molecular formula is C12H25N3O2. The third-order valence-electron chi connectivity index (χ3n) is 2.79. The van der Waals surface area contributed by atoms with Gasteiger partial charge in [0, 0.05) is 24.9 Å². The van der Waals surface area contributed by atoms with Gasteiger partial charge >= 0.3 is 0 Å². The van der Waals surface area contributed by atoms with E-state index in [0.717, 1.165) is 12.8 Å². The predicted molar refractivity (Wildman–Crippen MR) is 68.9 cm³/mol. The summed E-state index contributed by atoms with van der Waals surface area (Å²) in [6, 6.07) is 0.133. The van der Waals surface area contributed by atoms with Crippen LogP contribution in [0.1, 0.15) is 47.0 Å². The minimum absolute atomic E-state index is 0.0367. The second-order valence-corrected chi connectivity index (χ2v) is 4.66. The van der Waals surface area contributed by atoms with Gasteiger partial charge in [0.05, 0.1) is 0 Å². The van der Waals surface area contributed by atoms with Crippen molar-refractivity contribution in [3.8, 4) is 0 Å². The van der Waals surface area contributed by atoms with Crippen molar-refractivity contribution in [3.05, 3.63) is 0 Å². The highest BCUT2D eigenvalue weighted by Crippen LogP contribution is 2.12. The zero-order valence-electron chi connectivity index (χ0n) is 11.3. The molecule has 0 fully saturated rings. The Morgan fingerprint density at radius 1 is 1.41 bits per heavy atom. The van der Waals surface area contributed by atoms with Crippen LogP contribution < -0.4 is 5.73 Å². The molecule has 100 valence electrons. The van der Waals surface area contributed by atoms with E-state index in [1.54, 1.807) is 4.90 Å². The molecule has 0 bridgehead atoms. The minimum atomic E-state index is 0.0367. The van der Waals surface area contributed by atoms with Crippen molar-refractivity contribution >= 4 is 11.7 Å². The van der Waals surface area contributed by atoms with Gasteiger partial charge in [-0.05, 0) is 20.3 Å². The van der Waals surface area contributed by atoms with Crippen LogP contribution in [0, 0.1) is 5.92 Å². The maximum atomic E-state index is 12.2. The summed E-state index contributed by atoms with van der Waals surface area (Å²) in [4.78, 5) is 13.9. The summed E-state index contributed by atoms with van der Waals surface area (Å²) >= 11 is 0. The molecule has 0 aliphatic carbocycles. The van der Waals surface area contributed by atoms with Crippen LogP contribution in [0.2, 0.25) is 0 Å². The molecule has 5 heteroatoms. The van der Waals surface area contributed by atoms with E-state index in [0.29, 0.717) is 13.0 Å². The van der Waals surface area contributed by atoms with E-state index in [2.05, 4.69) is 12.1 Å². The fraction of sp³-hybridized carbons (Fsp3) is 0.833. The Kier molecular flexibility index (Phi) is 7.34. The zero-order valence-corrected chi connectivity index (χ0v) is 11.3. The first-order valence-corrected chi connectivity index (χ1v) is 6.20. The first-order chi connectivity index (χ1) is 7.93. The van der Waals surface area contributed by atoms with Crippen LogP contribution in [-0.4, -0.2) is 34.4 Å². The van der Waals surface area contributed by atoms with Gasteiger partial charge in [-0.2, -0.15) is 0 Å². The Balaban J connectivity index is 4.46. The number of nitrogens with zero attached hydrogens (tertiary/aromatic N) is 2. The number of carbonyl (C=O) groups is 1. The lowest BCUT2D eigenvalue weighted by atomic mass is 10.0. The number of hydrogen-bond donors (Lipinski definition) is 2. The molecule has 5 nitrogen and oxygen atoms in total. The van der Waals surface area contributed by atoms with Gasteiger partial charge in [0.15, 0.2) is 0 Å². The molecule has 0 spiro atoms. The van der Waals surface area contributed by atoms with Crippen LogP contribution in [0.4, 0.5) is 0 Å². The monoisotopic (exact) mass is 243 g/mol. The predicted octanol–water partition coefficient (Wildman–Crippen LogP) is 1.80. The standard InChI is InChI=1S/C12H25N3O2/c1-5-6-10(4)12(16)15(9(2)3)8-7-11(13)14-17/h9-10,17H,5-8H2,1-4H3,(H2,13,14). The Labute approximate surface area is 104 Å². The number of amides is 1. The Bertz CT molecular complexity index is 264. The van der Waals surface area contributed by atoms with Crippen molar-refractivity contribution in [2.45, 2.75) is 53.0 Å². The molecule has 0 rings (SSSR count). The van der Waals surface area contributed by atoms with Gasteiger partial charge in [0.1, 0.15) is 5.84 Å². The molecule has 0 aromatic rings. The molecule has 0 aromatic carbocycles. The van der Waals surface area contributed by atoms with Gasteiger partial charge < -0.3 is 15.8 Å². The van der Waals surface area contributed by atoms with E-state index in [1.165, 1.54) is 0 Å². The summed E-state index contributed by atoms with van der Waals surface area (Å²) in [6.07, 6.45) is 2.30. The van der Waals surface area contributed by atoms with Gasteiger partial charge in [0.2, 0.25) is 5.91 Å². The van der Waals surface area contributed by atoms with E-state index in [1.807, 2.05) is 20.8 Å². The second-order valence-electron chi connectivity index (χ2n) is 4.66. The van der Waals surface area contributed by atoms with Crippen LogP contribution in [0.5, 0.6) is 0 Å². The van der Waals surface area contributed by atoms with Crippen molar-refractivity contribution < 1.29 is 10.0 Å². The van der Waals surface area contributed by atoms with Gasteiger partial charge in [-0.1, -0.05) is 25.4 Å². The van der Waals surface area contributed by atoms with Crippen molar-refractivity contribution in [1.29, 1.82) is 0 Å². The highest BCUT2D eigenvalue weighted by molar-refractivity contribution is 5.82. The molecule has 0 aromatic heterocycles. The van der Waals surface area contributed by atoms with E-state index >= 15 is 0 Å². The van der Waals surface area contributed by atoms with E-state index in [4.69, 9.17) is 10.9 Å². The average molecular weight is 243 g/mol. The fourth-order valence-electron chi connectivity index (χ4n) is 1.75. The Morgan fingerprint density at radius 3 is 2.41 bits per heavy atom. The van der Waals surface area contributed by atoms with Crippen LogP contribution in [0.25, 0.3) is 0 Å². The normalized spacial score (nSPS) is 13.8. The quantitative estimate of drug-likeness (QED) is 0.310. The molecule has 1 atom stereocenters. The van der Waals surface area contributed by atoms with Crippen LogP contribution in [0.15, 0.2) is 5.16 Å². The molecule has 0 aliphatic heterocycles. The summed E-state index contributed by atoms with van der Waals surface area (Å²) in [6.45, 7) is 8.47. The van der Waals surface area contributed by atoms with Crippen molar-refractivity contribution in [2.75, 3.05) is 6.54 Å². The molecular weight excluding hydrogens is 218 g/mol. The molecule has 0 aliphatic rings. The molecule has 1 unspecified atom stereocenters. The molecule has 1 amide bonds. The summed E-state index contributed by atoms with van der Waals surface area (Å²) in [5.41, 5.74) is 5.42. The molecule has 17 heavy (non-hydrogen) atoms. The van der Waals surface area contributed by atoms with Crippen LogP contribution in [-0.2, 0) is 4.79 Å². The van der Waals surface area contributed by atoms with Crippen molar-refractivity contribution in [1.82, 2.24) is 4.90 Å². The fourth-order valence-corrected chi connectivity index (χ4v) is 1.75. The van der Waals surface area contributed by atoms with Gasteiger partial charge in [0.25, 0.3) is 0 Å². The van der Waals surface area contributed by atoms with Gasteiger partial charge in [-0.3, -0.25) is 4.79 Å². The number of oxime groups is 1.